The Bertz CT molecular complexity index is 935. The molecule has 2 rings (SSSR count). The number of carboxylic acid groups (broad SMARTS) is 1. The molecule has 10 heteroatoms. The summed E-state index contributed by atoms with van der Waals surface area (Å²) in [6.07, 6.45) is 3.36. The van der Waals surface area contributed by atoms with Crippen LogP contribution in [0.25, 0.3) is 0 Å². The highest BCUT2D eigenvalue weighted by Gasteiger charge is 2.38. The van der Waals surface area contributed by atoms with E-state index in [4.69, 9.17) is 0 Å². The van der Waals surface area contributed by atoms with Crippen LogP contribution in [0.5, 0.6) is 0 Å². The molecule has 244 valence electrons. The molecule has 1 fully saturated rings. The molecule has 1 aliphatic rings. The van der Waals surface area contributed by atoms with E-state index in [2.05, 4.69) is 34.9 Å². The zero-order chi connectivity index (χ0) is 32.5. The van der Waals surface area contributed by atoms with Gasteiger partial charge in [0, 0.05) is 35.2 Å². The number of likely N-dealkylation sites (tertiary alicyclic amines) is 1. The standard InChI is InChI=1S/C26H37N3O6S.3C2H6.2H2/c1-3-36-21-17-24(32)29(25(21)33)16-14-23(31)28-20(26(34)35)8-4-5-15-27-22(30)9-6-7-19-12-10-18(2)11-13-19;3*1-2;;/h10-13,20-21H,3-9,14-17H2,1-2H3,(H,27,30)(H,28,31)(H,34,35);3*1-2H3;2*1H. The van der Waals surface area contributed by atoms with Crippen LogP contribution in [0.15, 0.2) is 24.3 Å². The molecule has 1 aromatic rings. The fourth-order valence-electron chi connectivity index (χ4n) is 3.95. The average Bonchev–Trinajstić information content (AvgIpc) is 3.26. The van der Waals surface area contributed by atoms with Gasteiger partial charge in [0.05, 0.1) is 5.25 Å². The van der Waals surface area contributed by atoms with Gasteiger partial charge in [-0.05, 0) is 50.3 Å². The van der Waals surface area contributed by atoms with Crippen molar-refractivity contribution >= 4 is 41.4 Å². The highest BCUT2D eigenvalue weighted by atomic mass is 32.2. The number of aryl methyl sites for hydroxylation is 2. The molecule has 1 saturated heterocycles. The van der Waals surface area contributed by atoms with E-state index < -0.39 is 23.2 Å². The number of carboxylic acids is 1. The first kappa shape index (κ1) is 41.3. The smallest absolute Gasteiger partial charge is 0.326 e. The lowest BCUT2D eigenvalue weighted by molar-refractivity contribution is -0.143. The van der Waals surface area contributed by atoms with E-state index >= 15 is 0 Å². The molecular weight excluding hydrogens is 554 g/mol. The van der Waals surface area contributed by atoms with Crippen LogP contribution in [-0.4, -0.2) is 69.7 Å². The second kappa shape index (κ2) is 25.8. The first-order valence-electron chi connectivity index (χ1n) is 15.5. The van der Waals surface area contributed by atoms with Crippen LogP contribution in [0, 0.1) is 6.92 Å². The van der Waals surface area contributed by atoms with Crippen molar-refractivity contribution in [3.63, 3.8) is 0 Å². The van der Waals surface area contributed by atoms with Gasteiger partial charge in [-0.1, -0.05) is 78.3 Å². The number of unbranched alkanes of at least 4 members (excludes halogenated alkanes) is 1. The maximum absolute atomic E-state index is 12.3. The van der Waals surface area contributed by atoms with Gasteiger partial charge in [-0.2, -0.15) is 0 Å². The molecular formula is C32H59N3O6S. The Morgan fingerprint density at radius 3 is 2.17 bits per heavy atom. The van der Waals surface area contributed by atoms with Gasteiger partial charge in [-0.15, -0.1) is 11.8 Å². The minimum Gasteiger partial charge on any atom is -0.480 e. The summed E-state index contributed by atoms with van der Waals surface area (Å²) < 4.78 is 0. The Morgan fingerprint density at radius 2 is 1.60 bits per heavy atom. The molecule has 0 aromatic heterocycles. The third-order valence-corrected chi connectivity index (χ3v) is 7.10. The minimum absolute atomic E-state index is 0. The highest BCUT2D eigenvalue weighted by molar-refractivity contribution is 8.00. The van der Waals surface area contributed by atoms with Gasteiger partial charge < -0.3 is 15.7 Å². The van der Waals surface area contributed by atoms with Crippen molar-refractivity contribution in [3.8, 4) is 0 Å². The number of thioether (sulfide) groups is 1. The van der Waals surface area contributed by atoms with Crippen LogP contribution in [0.2, 0.25) is 0 Å². The zero-order valence-electron chi connectivity index (χ0n) is 27.1. The van der Waals surface area contributed by atoms with E-state index in [1.165, 1.54) is 22.9 Å². The second-order valence-corrected chi connectivity index (χ2v) is 10.4. The van der Waals surface area contributed by atoms with Crippen molar-refractivity contribution in [2.75, 3.05) is 18.8 Å². The Hall–Kier alpha value is -2.88. The SMILES string of the molecule is CC.CC.CC.CCSC1CC(=O)N(CCC(=O)NC(CCCCNC(=O)CCCc2ccc(C)cc2)C(=O)O)C1=O.[HH].[HH]. The lowest BCUT2D eigenvalue weighted by Crippen LogP contribution is -2.42. The number of aliphatic carboxylic acids is 1. The highest BCUT2D eigenvalue weighted by Crippen LogP contribution is 2.24. The quantitative estimate of drug-likeness (QED) is 0.153. The van der Waals surface area contributed by atoms with Crippen LogP contribution < -0.4 is 10.6 Å². The fraction of sp³-hybridized carbons (Fsp3) is 0.656. The van der Waals surface area contributed by atoms with Gasteiger partial charge in [0.2, 0.25) is 23.6 Å². The summed E-state index contributed by atoms with van der Waals surface area (Å²) in [5.74, 6) is -1.56. The lowest BCUT2D eigenvalue weighted by Gasteiger charge is -2.17. The van der Waals surface area contributed by atoms with E-state index in [1.807, 2.05) is 55.4 Å². The number of carbonyl (C=O) groups excluding carboxylic acids is 4. The minimum atomic E-state index is -1.14. The monoisotopic (exact) mass is 613 g/mol. The number of carbonyl (C=O) groups is 5. The third kappa shape index (κ3) is 17.2. The molecule has 0 aliphatic carbocycles. The topological polar surface area (TPSA) is 133 Å². The van der Waals surface area contributed by atoms with Crippen LogP contribution in [0.4, 0.5) is 0 Å². The molecule has 1 aliphatic heterocycles. The van der Waals surface area contributed by atoms with E-state index in [0.717, 1.165) is 23.5 Å². The Morgan fingerprint density at radius 1 is 0.976 bits per heavy atom. The number of hydrogen-bond acceptors (Lipinski definition) is 6. The van der Waals surface area contributed by atoms with E-state index in [-0.39, 0.29) is 46.4 Å². The van der Waals surface area contributed by atoms with Gasteiger partial charge >= 0.3 is 5.97 Å². The van der Waals surface area contributed by atoms with Gasteiger partial charge in [0.15, 0.2) is 0 Å². The molecule has 1 aromatic carbocycles. The third-order valence-electron chi connectivity index (χ3n) is 6.00. The summed E-state index contributed by atoms with van der Waals surface area (Å²) >= 11 is 1.40. The van der Waals surface area contributed by atoms with Crippen molar-refractivity contribution in [3.05, 3.63) is 35.4 Å². The molecule has 1 heterocycles. The van der Waals surface area contributed by atoms with E-state index in [1.54, 1.807) is 0 Å². The maximum atomic E-state index is 12.3. The number of amides is 4. The summed E-state index contributed by atoms with van der Waals surface area (Å²) in [5, 5.41) is 14.3. The zero-order valence-corrected chi connectivity index (χ0v) is 27.9. The van der Waals surface area contributed by atoms with Crippen molar-refractivity contribution in [1.29, 1.82) is 0 Å². The lowest BCUT2D eigenvalue weighted by atomic mass is 10.1. The maximum Gasteiger partial charge on any atom is 0.326 e. The largest absolute Gasteiger partial charge is 0.480 e. The molecule has 0 bridgehead atoms. The summed E-state index contributed by atoms with van der Waals surface area (Å²) in [4.78, 5) is 61.2. The van der Waals surface area contributed by atoms with Crippen LogP contribution in [0.3, 0.4) is 0 Å². The normalized spacial score (nSPS) is 14.3. The molecule has 0 spiro atoms. The Kier molecular flexibility index (Phi) is 25.3. The number of rotatable bonds is 16. The molecule has 2 atom stereocenters. The predicted octanol–water partition coefficient (Wildman–Crippen LogP) is 6.01. The summed E-state index contributed by atoms with van der Waals surface area (Å²) in [6.45, 7) is 16.3. The number of imide groups is 1. The first-order chi connectivity index (χ1) is 20.2. The fourth-order valence-corrected chi connectivity index (χ4v) is 4.89. The Labute approximate surface area is 260 Å². The Balaban J connectivity index is -0.000000939. The van der Waals surface area contributed by atoms with Crippen LogP contribution in [-0.2, 0) is 30.4 Å². The molecule has 3 N–H and O–H groups in total. The number of benzene rings is 1. The van der Waals surface area contributed by atoms with Gasteiger partial charge in [-0.3, -0.25) is 24.1 Å². The van der Waals surface area contributed by atoms with Crippen molar-refractivity contribution in [2.24, 2.45) is 0 Å². The van der Waals surface area contributed by atoms with Crippen LogP contribution in [0.1, 0.15) is 107 Å². The molecule has 0 radical (unpaired) electrons. The van der Waals surface area contributed by atoms with E-state index in [0.29, 0.717) is 25.8 Å². The average molecular weight is 614 g/mol. The number of hydrogen-bond donors (Lipinski definition) is 3. The van der Waals surface area contributed by atoms with Gasteiger partial charge in [-0.25, -0.2) is 4.79 Å². The summed E-state index contributed by atoms with van der Waals surface area (Å²) in [7, 11) is 0. The van der Waals surface area contributed by atoms with Gasteiger partial charge in [0.25, 0.3) is 0 Å². The number of nitrogens with zero attached hydrogens (tertiary/aromatic N) is 1. The van der Waals surface area contributed by atoms with E-state index in [9.17, 15) is 29.1 Å². The molecule has 2 unspecified atom stereocenters. The first-order valence-corrected chi connectivity index (χ1v) is 16.6. The second-order valence-electron chi connectivity index (χ2n) is 8.92. The van der Waals surface area contributed by atoms with Crippen molar-refractivity contribution in [2.45, 2.75) is 118 Å². The summed E-state index contributed by atoms with van der Waals surface area (Å²) in [5.41, 5.74) is 2.41. The molecule has 9 nitrogen and oxygen atoms in total. The molecule has 42 heavy (non-hydrogen) atoms. The summed E-state index contributed by atoms with van der Waals surface area (Å²) in [6, 6.07) is 7.19. The van der Waals surface area contributed by atoms with Crippen molar-refractivity contribution in [1.82, 2.24) is 15.5 Å². The van der Waals surface area contributed by atoms with Gasteiger partial charge in [0.1, 0.15) is 6.04 Å². The molecule has 4 amide bonds. The molecule has 0 saturated carbocycles. The predicted molar refractivity (Wildman–Crippen MR) is 177 cm³/mol. The van der Waals surface area contributed by atoms with Crippen molar-refractivity contribution < 1.29 is 31.9 Å². The number of nitrogens with one attached hydrogen (secondary N) is 2. The van der Waals surface area contributed by atoms with Crippen LogP contribution >= 0.6 is 11.8 Å².